The lowest BCUT2D eigenvalue weighted by atomic mass is 10.0. The van der Waals surface area contributed by atoms with E-state index in [1.807, 2.05) is 0 Å². The van der Waals surface area contributed by atoms with Crippen LogP contribution in [-0.4, -0.2) is 55.1 Å². The van der Waals surface area contributed by atoms with Crippen molar-refractivity contribution < 1.29 is 0 Å². The van der Waals surface area contributed by atoms with Crippen LogP contribution in [0.25, 0.3) is 0 Å². The number of rotatable bonds is 4. The summed E-state index contributed by atoms with van der Waals surface area (Å²) in [6.45, 7) is 8.34. The van der Waals surface area contributed by atoms with E-state index in [0.717, 1.165) is 12.6 Å². The van der Waals surface area contributed by atoms with Crippen LogP contribution in [0.15, 0.2) is 60.7 Å². The highest BCUT2D eigenvalue weighted by Gasteiger charge is 2.27. The van der Waals surface area contributed by atoms with E-state index < -0.39 is 0 Å². The number of para-hydroxylation sites is 1. The molecule has 2 heterocycles. The number of benzene rings is 2. The quantitative estimate of drug-likeness (QED) is 0.847. The van der Waals surface area contributed by atoms with Crippen molar-refractivity contribution in [3.05, 3.63) is 66.2 Å². The van der Waals surface area contributed by atoms with Gasteiger partial charge in [0.15, 0.2) is 0 Å². The molecule has 0 radical (unpaired) electrons. The lowest BCUT2D eigenvalue weighted by molar-refractivity contribution is 0.0812. The molecule has 0 N–H and O–H groups in total. The van der Waals surface area contributed by atoms with Crippen molar-refractivity contribution >= 4 is 5.69 Å². The van der Waals surface area contributed by atoms with Gasteiger partial charge in [0, 0.05) is 57.5 Å². The second-order valence-corrected chi connectivity index (χ2v) is 7.35. The molecule has 0 bridgehead atoms. The highest BCUT2D eigenvalue weighted by molar-refractivity contribution is 5.46. The van der Waals surface area contributed by atoms with Crippen LogP contribution in [0, 0.1) is 0 Å². The van der Waals surface area contributed by atoms with Gasteiger partial charge in [-0.25, -0.2) is 0 Å². The van der Waals surface area contributed by atoms with Gasteiger partial charge < -0.3 is 4.90 Å². The summed E-state index contributed by atoms with van der Waals surface area (Å²) in [6.07, 6.45) is 2.60. The zero-order chi connectivity index (χ0) is 16.9. The van der Waals surface area contributed by atoms with Crippen molar-refractivity contribution in [2.75, 3.05) is 44.2 Å². The maximum atomic E-state index is 2.74. The molecule has 3 nitrogen and oxygen atoms in total. The van der Waals surface area contributed by atoms with Crippen molar-refractivity contribution in [1.82, 2.24) is 9.80 Å². The SMILES string of the molecule is c1ccc(CN2CCN(C3CCN(c4ccccc4)CC3)CC2)cc1. The molecule has 2 aromatic rings. The Morgan fingerprint density at radius 1 is 0.680 bits per heavy atom. The van der Waals surface area contributed by atoms with Crippen LogP contribution < -0.4 is 4.90 Å². The van der Waals surface area contributed by atoms with Gasteiger partial charge in [-0.05, 0) is 30.5 Å². The number of hydrogen-bond donors (Lipinski definition) is 0. The summed E-state index contributed by atoms with van der Waals surface area (Å²) in [5.41, 5.74) is 2.82. The molecule has 0 saturated carbocycles. The summed E-state index contributed by atoms with van der Waals surface area (Å²) in [5, 5.41) is 0. The molecule has 25 heavy (non-hydrogen) atoms. The summed E-state index contributed by atoms with van der Waals surface area (Å²) >= 11 is 0. The summed E-state index contributed by atoms with van der Waals surface area (Å²) in [4.78, 5) is 7.89. The van der Waals surface area contributed by atoms with E-state index in [-0.39, 0.29) is 0 Å². The number of piperazine rings is 1. The first-order valence-electron chi connectivity index (χ1n) is 9.69. The van der Waals surface area contributed by atoms with Crippen LogP contribution >= 0.6 is 0 Å². The third-order valence-electron chi connectivity index (χ3n) is 5.76. The standard InChI is InChI=1S/C22H29N3/c1-3-7-20(8-4-1)19-23-15-17-25(18-16-23)22-11-13-24(14-12-22)21-9-5-2-6-10-21/h1-10,22H,11-19H2. The Bertz CT molecular complexity index is 627. The topological polar surface area (TPSA) is 9.72 Å². The Balaban J connectivity index is 1.24. The molecule has 132 valence electrons. The lowest BCUT2D eigenvalue weighted by Gasteiger charge is -2.43. The number of anilines is 1. The molecule has 2 fully saturated rings. The van der Waals surface area contributed by atoms with Crippen LogP contribution in [0.4, 0.5) is 5.69 Å². The van der Waals surface area contributed by atoms with Gasteiger partial charge in [0.25, 0.3) is 0 Å². The van der Waals surface area contributed by atoms with Gasteiger partial charge in [0.1, 0.15) is 0 Å². The second kappa shape index (κ2) is 8.03. The Labute approximate surface area is 151 Å². The molecule has 4 rings (SSSR count). The largest absolute Gasteiger partial charge is 0.371 e. The van der Waals surface area contributed by atoms with E-state index in [0.29, 0.717) is 0 Å². The molecular formula is C22H29N3. The highest BCUT2D eigenvalue weighted by Crippen LogP contribution is 2.23. The van der Waals surface area contributed by atoms with Crippen LogP contribution in [-0.2, 0) is 6.54 Å². The van der Waals surface area contributed by atoms with Crippen LogP contribution in [0.3, 0.4) is 0 Å². The molecular weight excluding hydrogens is 306 g/mol. The van der Waals surface area contributed by atoms with Crippen molar-refractivity contribution in [3.8, 4) is 0 Å². The minimum Gasteiger partial charge on any atom is -0.371 e. The molecule has 0 aromatic heterocycles. The molecule has 2 aliphatic heterocycles. The average molecular weight is 335 g/mol. The minimum absolute atomic E-state index is 0.777. The normalized spacial score (nSPS) is 20.7. The van der Waals surface area contributed by atoms with E-state index in [4.69, 9.17) is 0 Å². The summed E-state index contributed by atoms with van der Waals surface area (Å²) in [5.74, 6) is 0. The zero-order valence-electron chi connectivity index (χ0n) is 15.1. The third-order valence-corrected chi connectivity index (χ3v) is 5.76. The maximum Gasteiger partial charge on any atom is 0.0366 e. The fraction of sp³-hybridized carbons (Fsp3) is 0.455. The molecule has 0 unspecified atom stereocenters. The highest BCUT2D eigenvalue weighted by atomic mass is 15.3. The van der Waals surface area contributed by atoms with Crippen molar-refractivity contribution in [1.29, 1.82) is 0 Å². The van der Waals surface area contributed by atoms with Gasteiger partial charge >= 0.3 is 0 Å². The first-order valence-corrected chi connectivity index (χ1v) is 9.69. The van der Waals surface area contributed by atoms with Gasteiger partial charge in [-0.15, -0.1) is 0 Å². The fourth-order valence-corrected chi connectivity index (χ4v) is 4.26. The number of nitrogens with zero attached hydrogens (tertiary/aromatic N) is 3. The van der Waals surface area contributed by atoms with Gasteiger partial charge in [-0.3, -0.25) is 9.80 Å². The van der Waals surface area contributed by atoms with Crippen LogP contribution in [0.5, 0.6) is 0 Å². The molecule has 0 spiro atoms. The Kier molecular flexibility index (Phi) is 5.34. The van der Waals surface area contributed by atoms with Crippen LogP contribution in [0.2, 0.25) is 0 Å². The predicted molar refractivity (Wildman–Crippen MR) is 105 cm³/mol. The van der Waals surface area contributed by atoms with Crippen LogP contribution in [0.1, 0.15) is 18.4 Å². The molecule has 0 aliphatic carbocycles. The van der Waals surface area contributed by atoms with E-state index in [1.54, 1.807) is 0 Å². The molecule has 0 amide bonds. The van der Waals surface area contributed by atoms with Gasteiger partial charge in [-0.1, -0.05) is 48.5 Å². The average Bonchev–Trinajstić information content (AvgIpc) is 2.70. The molecule has 2 saturated heterocycles. The third kappa shape index (κ3) is 4.23. The summed E-state index contributed by atoms with van der Waals surface area (Å²) in [7, 11) is 0. The summed E-state index contributed by atoms with van der Waals surface area (Å²) in [6, 6.07) is 22.5. The fourth-order valence-electron chi connectivity index (χ4n) is 4.26. The maximum absolute atomic E-state index is 2.74. The first kappa shape index (κ1) is 16.6. The molecule has 2 aromatic carbocycles. The monoisotopic (exact) mass is 335 g/mol. The summed E-state index contributed by atoms with van der Waals surface area (Å²) < 4.78 is 0. The second-order valence-electron chi connectivity index (χ2n) is 7.35. The Morgan fingerprint density at radius 3 is 1.92 bits per heavy atom. The molecule has 0 atom stereocenters. The van der Waals surface area contributed by atoms with E-state index in [9.17, 15) is 0 Å². The Hall–Kier alpha value is -1.84. The van der Waals surface area contributed by atoms with Crippen molar-refractivity contribution in [2.24, 2.45) is 0 Å². The predicted octanol–water partition coefficient (Wildman–Crippen LogP) is 3.47. The van der Waals surface area contributed by atoms with E-state index >= 15 is 0 Å². The Morgan fingerprint density at radius 2 is 1.28 bits per heavy atom. The smallest absolute Gasteiger partial charge is 0.0366 e. The van der Waals surface area contributed by atoms with Gasteiger partial charge in [0.05, 0.1) is 0 Å². The number of piperidine rings is 1. The van der Waals surface area contributed by atoms with Crippen molar-refractivity contribution in [3.63, 3.8) is 0 Å². The van der Waals surface area contributed by atoms with Gasteiger partial charge in [0.2, 0.25) is 0 Å². The van der Waals surface area contributed by atoms with Crippen molar-refractivity contribution in [2.45, 2.75) is 25.4 Å². The molecule has 3 heteroatoms. The zero-order valence-corrected chi connectivity index (χ0v) is 15.1. The van der Waals surface area contributed by atoms with Gasteiger partial charge in [-0.2, -0.15) is 0 Å². The number of hydrogen-bond acceptors (Lipinski definition) is 3. The van der Waals surface area contributed by atoms with E-state index in [2.05, 4.69) is 75.4 Å². The minimum atomic E-state index is 0.777. The van der Waals surface area contributed by atoms with E-state index in [1.165, 1.54) is 63.4 Å². The lowest BCUT2D eigenvalue weighted by Crippen LogP contribution is -2.53. The first-order chi connectivity index (χ1) is 12.4. The molecule has 2 aliphatic rings.